The second kappa shape index (κ2) is 14.5. The smallest absolute Gasteiger partial charge is 0.443 e. The molecule has 0 aliphatic carbocycles. The van der Waals surface area contributed by atoms with Crippen molar-refractivity contribution in [3.05, 3.63) is 168 Å². The predicted molar refractivity (Wildman–Crippen MR) is 171 cm³/mol. The molecule has 0 bridgehead atoms. The Balaban J connectivity index is 1.73. The molecule has 8 nitrogen and oxygen atoms in total. The van der Waals surface area contributed by atoms with Crippen LogP contribution in [0.25, 0.3) is 0 Å². The lowest BCUT2D eigenvalue weighted by atomic mass is 9.86. The number of ether oxygens (including phenoxy) is 2. The van der Waals surface area contributed by atoms with Gasteiger partial charge in [-0.15, -0.1) is 0 Å². The van der Waals surface area contributed by atoms with Crippen molar-refractivity contribution in [3.8, 4) is 0 Å². The Kier molecular flexibility index (Phi) is 10.7. The molecular weight excluding hydrogens is 591 g/mol. The maximum atomic E-state index is 13.7. The van der Waals surface area contributed by atoms with E-state index in [2.05, 4.69) is 13.2 Å². The number of carbonyl (C=O) groups excluding carboxylic acids is 2. The Bertz CT molecular complexity index is 1470. The standard InChI is InChI=1S/C36H35O8P/c1-27(2)33(37)43-35(29-17-9-5-10-18-29,30-19-11-6-12-20-30)25-41-45(39,40)42-26-36(44-34(38)28(3)4,31-21-13-7-14-22-31)32-23-15-8-16-24-32/h5-24H,1,3,25-26H2,2,4H3,(H,39,40). The summed E-state index contributed by atoms with van der Waals surface area (Å²) in [7, 11) is -4.93. The van der Waals surface area contributed by atoms with E-state index in [1.807, 2.05) is 0 Å². The van der Waals surface area contributed by atoms with Crippen molar-refractivity contribution in [2.75, 3.05) is 13.2 Å². The van der Waals surface area contributed by atoms with E-state index in [4.69, 9.17) is 18.5 Å². The zero-order chi connectivity index (χ0) is 32.5. The van der Waals surface area contributed by atoms with E-state index in [-0.39, 0.29) is 11.1 Å². The van der Waals surface area contributed by atoms with E-state index in [0.29, 0.717) is 22.3 Å². The number of benzene rings is 4. The molecule has 0 radical (unpaired) electrons. The van der Waals surface area contributed by atoms with Gasteiger partial charge in [0.1, 0.15) is 13.2 Å². The molecule has 4 aromatic carbocycles. The lowest BCUT2D eigenvalue weighted by molar-refractivity contribution is -0.156. The molecule has 0 spiro atoms. The molecule has 1 N–H and O–H groups in total. The molecule has 0 heterocycles. The van der Waals surface area contributed by atoms with Gasteiger partial charge in [-0.1, -0.05) is 134 Å². The maximum absolute atomic E-state index is 13.7. The minimum Gasteiger partial charge on any atom is -0.443 e. The summed E-state index contributed by atoms with van der Waals surface area (Å²) in [4.78, 5) is 37.0. The summed E-state index contributed by atoms with van der Waals surface area (Å²) >= 11 is 0. The highest BCUT2D eigenvalue weighted by atomic mass is 31.2. The molecule has 0 saturated heterocycles. The van der Waals surface area contributed by atoms with Crippen LogP contribution in [0.5, 0.6) is 0 Å². The maximum Gasteiger partial charge on any atom is 0.472 e. The highest BCUT2D eigenvalue weighted by Gasteiger charge is 2.45. The minimum atomic E-state index is -4.93. The second-order valence-electron chi connectivity index (χ2n) is 10.5. The first-order chi connectivity index (χ1) is 21.5. The Morgan fingerprint density at radius 3 is 1.04 bits per heavy atom. The molecule has 0 atom stereocenters. The first-order valence-electron chi connectivity index (χ1n) is 14.1. The van der Waals surface area contributed by atoms with Crippen LogP contribution < -0.4 is 0 Å². The van der Waals surface area contributed by atoms with Crippen LogP contribution in [-0.2, 0) is 43.9 Å². The van der Waals surface area contributed by atoms with Crippen molar-refractivity contribution in [3.63, 3.8) is 0 Å². The average molecular weight is 627 g/mol. The van der Waals surface area contributed by atoms with Crippen LogP contribution in [0, 0.1) is 0 Å². The van der Waals surface area contributed by atoms with Gasteiger partial charge in [-0.25, -0.2) is 14.2 Å². The highest BCUT2D eigenvalue weighted by molar-refractivity contribution is 7.47. The molecule has 4 aromatic rings. The Hall–Kier alpha value is -4.59. The summed E-state index contributed by atoms with van der Waals surface area (Å²) in [5, 5.41) is 0. The monoisotopic (exact) mass is 626 g/mol. The van der Waals surface area contributed by atoms with Gasteiger partial charge < -0.3 is 14.4 Å². The van der Waals surface area contributed by atoms with Crippen molar-refractivity contribution in [2.24, 2.45) is 0 Å². The highest BCUT2D eigenvalue weighted by Crippen LogP contribution is 2.49. The van der Waals surface area contributed by atoms with Gasteiger partial charge in [0, 0.05) is 33.4 Å². The van der Waals surface area contributed by atoms with Crippen molar-refractivity contribution in [2.45, 2.75) is 25.0 Å². The molecule has 0 aromatic heterocycles. The quantitative estimate of drug-likeness (QED) is 0.0886. The Morgan fingerprint density at radius 2 is 0.822 bits per heavy atom. The third kappa shape index (κ3) is 7.93. The molecule has 9 heteroatoms. The topological polar surface area (TPSA) is 108 Å². The number of phosphoric ester groups is 1. The second-order valence-corrected chi connectivity index (χ2v) is 11.9. The summed E-state index contributed by atoms with van der Waals surface area (Å²) in [6, 6.07) is 34.9. The summed E-state index contributed by atoms with van der Waals surface area (Å²) in [6.45, 7) is 9.20. The molecule has 0 aliphatic heterocycles. The molecule has 0 saturated carbocycles. The van der Waals surface area contributed by atoms with Gasteiger partial charge in [0.15, 0.2) is 11.2 Å². The van der Waals surface area contributed by atoms with E-state index in [1.165, 1.54) is 13.8 Å². The Labute approximate surface area is 263 Å². The SMILES string of the molecule is C=C(C)C(=O)OC(COP(=O)(O)OCC(OC(=O)C(=C)C)(c1ccccc1)c1ccccc1)(c1ccccc1)c1ccccc1. The van der Waals surface area contributed by atoms with Crippen molar-refractivity contribution >= 4 is 19.8 Å². The van der Waals surface area contributed by atoms with Gasteiger partial charge >= 0.3 is 19.8 Å². The van der Waals surface area contributed by atoms with Crippen LogP contribution in [0.15, 0.2) is 146 Å². The van der Waals surface area contributed by atoms with Crippen LogP contribution >= 0.6 is 7.82 Å². The predicted octanol–water partition coefficient (Wildman–Crippen LogP) is 7.25. The number of esters is 2. The molecule has 45 heavy (non-hydrogen) atoms. The van der Waals surface area contributed by atoms with Gasteiger partial charge in [0.05, 0.1) is 0 Å². The number of hydrogen-bond acceptors (Lipinski definition) is 7. The van der Waals surface area contributed by atoms with E-state index < -0.39 is 44.2 Å². The normalized spacial score (nSPS) is 11.8. The number of carbonyl (C=O) groups is 2. The van der Waals surface area contributed by atoms with Crippen LogP contribution in [0.1, 0.15) is 36.1 Å². The third-order valence-electron chi connectivity index (χ3n) is 7.05. The molecule has 0 amide bonds. The zero-order valence-corrected chi connectivity index (χ0v) is 26.0. The van der Waals surface area contributed by atoms with Crippen molar-refractivity contribution in [1.29, 1.82) is 0 Å². The average Bonchev–Trinajstić information content (AvgIpc) is 3.06. The molecular formula is C36H35O8P. The summed E-state index contributed by atoms with van der Waals surface area (Å²) in [5.41, 5.74) is -1.08. The van der Waals surface area contributed by atoms with Crippen LogP contribution in [0.3, 0.4) is 0 Å². The molecule has 0 unspecified atom stereocenters. The van der Waals surface area contributed by atoms with E-state index in [1.54, 1.807) is 121 Å². The zero-order valence-electron chi connectivity index (χ0n) is 25.1. The number of hydrogen-bond donors (Lipinski definition) is 1. The van der Waals surface area contributed by atoms with E-state index >= 15 is 0 Å². The number of rotatable bonds is 14. The van der Waals surface area contributed by atoms with Crippen LogP contribution in [0.4, 0.5) is 0 Å². The lowest BCUT2D eigenvalue weighted by Gasteiger charge is -2.36. The van der Waals surface area contributed by atoms with Crippen LogP contribution in [-0.4, -0.2) is 30.0 Å². The van der Waals surface area contributed by atoms with Gasteiger partial charge in [-0.2, -0.15) is 0 Å². The first-order valence-corrected chi connectivity index (χ1v) is 15.6. The van der Waals surface area contributed by atoms with Crippen molar-refractivity contribution < 1.29 is 37.6 Å². The summed E-state index contributed by atoms with van der Waals surface area (Å²) in [6.07, 6.45) is 0. The molecule has 4 rings (SSSR count). The summed E-state index contributed by atoms with van der Waals surface area (Å²) < 4.78 is 36.9. The summed E-state index contributed by atoms with van der Waals surface area (Å²) in [5.74, 6) is -1.45. The number of phosphoric acid groups is 1. The van der Waals surface area contributed by atoms with Crippen LogP contribution in [0.2, 0.25) is 0 Å². The molecule has 0 fully saturated rings. The van der Waals surface area contributed by atoms with E-state index in [0.717, 1.165) is 0 Å². The largest absolute Gasteiger partial charge is 0.472 e. The van der Waals surface area contributed by atoms with Crippen molar-refractivity contribution in [1.82, 2.24) is 0 Å². The minimum absolute atomic E-state index is 0.129. The van der Waals surface area contributed by atoms with Gasteiger partial charge in [0.25, 0.3) is 0 Å². The van der Waals surface area contributed by atoms with Gasteiger partial charge in [0.2, 0.25) is 0 Å². The third-order valence-corrected chi connectivity index (χ3v) is 7.96. The fourth-order valence-corrected chi connectivity index (χ4v) is 5.43. The molecule has 0 aliphatic rings. The molecule has 232 valence electrons. The first kappa shape index (κ1) is 33.3. The Morgan fingerprint density at radius 1 is 0.578 bits per heavy atom. The van der Waals surface area contributed by atoms with Gasteiger partial charge in [-0.3, -0.25) is 9.05 Å². The lowest BCUT2D eigenvalue weighted by Crippen LogP contribution is -2.40. The van der Waals surface area contributed by atoms with E-state index in [9.17, 15) is 19.0 Å². The fraction of sp³-hybridized carbons (Fsp3) is 0.167. The fourth-order valence-electron chi connectivity index (χ4n) is 4.66. The van der Waals surface area contributed by atoms with Gasteiger partial charge in [-0.05, 0) is 13.8 Å².